The Kier molecular flexibility index (Phi) is 4.53. The number of hydrogen-bond acceptors (Lipinski definition) is 1. The molecule has 78 valence electrons. The summed E-state index contributed by atoms with van der Waals surface area (Å²) in [4.78, 5) is 2.28. The van der Waals surface area contributed by atoms with E-state index in [0.717, 1.165) is 0 Å². The Hall–Kier alpha value is 0.0631. The first-order chi connectivity index (χ1) is 6.54. The van der Waals surface area contributed by atoms with Crippen LogP contribution in [0, 0.1) is 0 Å². The Bertz CT molecular complexity index is 294. The van der Waals surface area contributed by atoms with Gasteiger partial charge in [0.25, 0.3) is 0 Å². The van der Waals surface area contributed by atoms with E-state index in [1.165, 1.54) is 0 Å². The van der Waals surface area contributed by atoms with Crippen LogP contribution in [0.15, 0.2) is 24.3 Å². The second-order valence-corrected chi connectivity index (χ2v) is 12.9. The fraction of sp³-hybridized carbons (Fsp3) is 0.500. The fourth-order valence-corrected chi connectivity index (χ4v) is 6.04. The molecule has 0 aliphatic heterocycles. The summed E-state index contributed by atoms with van der Waals surface area (Å²) >= 11 is -1.30. The van der Waals surface area contributed by atoms with Gasteiger partial charge in [-0.1, -0.05) is 0 Å². The van der Waals surface area contributed by atoms with E-state index in [-0.39, 0.29) is 0 Å². The Morgan fingerprint density at radius 2 is 1.71 bits per heavy atom. The molecule has 0 saturated carbocycles. The third-order valence-corrected chi connectivity index (χ3v) is 7.97. The van der Waals surface area contributed by atoms with Crippen molar-refractivity contribution < 1.29 is 0 Å². The van der Waals surface area contributed by atoms with Crippen LogP contribution >= 0.6 is 0 Å². The van der Waals surface area contributed by atoms with E-state index < -0.39 is 21.8 Å². The van der Waals surface area contributed by atoms with Crippen LogP contribution in [0.3, 0.4) is 0 Å². The third-order valence-electron chi connectivity index (χ3n) is 2.64. The van der Waals surface area contributed by atoms with E-state index >= 15 is 0 Å². The maximum atomic E-state index is 2.45. The molecule has 0 saturated heterocycles. The summed E-state index contributed by atoms with van der Waals surface area (Å²) in [6, 6.07) is 9.49. The molecule has 0 aromatic heterocycles. The summed E-state index contributed by atoms with van der Waals surface area (Å²) < 4.78 is 6.58. The van der Waals surface area contributed by atoms with E-state index in [4.69, 9.17) is 0 Å². The van der Waals surface area contributed by atoms with Gasteiger partial charge in [0, 0.05) is 0 Å². The van der Waals surface area contributed by atoms with Crippen LogP contribution in [-0.4, -0.2) is 40.7 Å². The summed E-state index contributed by atoms with van der Waals surface area (Å²) in [5.41, 5.74) is 1.54. The molecule has 1 aromatic carbocycles. The molecule has 0 N–H and O–H groups in total. The average molecular weight is 387 g/mol. The molecule has 1 rings (SSSR count). The summed E-state index contributed by atoms with van der Waals surface area (Å²) in [5.74, 6) is 0. The van der Waals surface area contributed by atoms with Gasteiger partial charge in [0.15, 0.2) is 0 Å². The van der Waals surface area contributed by atoms with Gasteiger partial charge >= 0.3 is 96.1 Å². The molecule has 0 heterocycles. The maximum absolute atomic E-state index is 2.45. The topological polar surface area (TPSA) is 3.24 Å². The first kappa shape index (κ1) is 12.1. The van der Waals surface area contributed by atoms with Crippen molar-refractivity contribution in [3.05, 3.63) is 29.8 Å². The summed E-state index contributed by atoms with van der Waals surface area (Å²) in [6.45, 7) is 2.28. The summed E-state index contributed by atoms with van der Waals surface area (Å²) in [7, 11) is 4.30. The van der Waals surface area contributed by atoms with Gasteiger partial charge in [-0.05, 0) is 0 Å². The van der Waals surface area contributed by atoms with Crippen molar-refractivity contribution in [3.63, 3.8) is 0 Å². The van der Waals surface area contributed by atoms with E-state index in [9.17, 15) is 0 Å². The molecule has 1 aromatic rings. The second kappa shape index (κ2) is 5.23. The molecule has 1 nitrogen and oxygen atoms in total. The predicted molar refractivity (Wildman–Crippen MR) is 65.7 cm³/mol. The van der Waals surface area contributed by atoms with E-state index in [1.54, 1.807) is 8.83 Å². The van der Waals surface area contributed by atoms with Crippen molar-refractivity contribution in [2.75, 3.05) is 14.1 Å². The first-order valence-electron chi connectivity index (χ1n) is 4.96. The molecule has 2 heteroatoms. The zero-order valence-corrected chi connectivity index (χ0v) is 13.3. The fourth-order valence-electron chi connectivity index (χ4n) is 1.53. The Balaban J connectivity index is 3.06. The number of nitrogens with zero attached hydrogens (tertiary/aromatic N) is 1. The Morgan fingerprint density at radius 1 is 1.14 bits per heavy atom. The molecule has 0 aliphatic carbocycles. The minimum atomic E-state index is -1.30. The third kappa shape index (κ3) is 2.78. The first-order valence-corrected chi connectivity index (χ1v) is 13.7. The molecular formula is C12H20BiN. The van der Waals surface area contributed by atoms with Crippen LogP contribution in [0.2, 0.25) is 9.26 Å². The van der Waals surface area contributed by atoms with Gasteiger partial charge in [-0.3, -0.25) is 0 Å². The molecular weight excluding hydrogens is 367 g/mol. The number of rotatable bonds is 3. The van der Waals surface area contributed by atoms with Crippen molar-refractivity contribution in [1.29, 1.82) is 0 Å². The normalized spacial score (nSPS) is 13.6. The molecule has 0 amide bonds. The molecule has 1 unspecified atom stereocenters. The van der Waals surface area contributed by atoms with Crippen molar-refractivity contribution >= 4 is 25.0 Å². The van der Waals surface area contributed by atoms with Gasteiger partial charge in [0.1, 0.15) is 0 Å². The van der Waals surface area contributed by atoms with Gasteiger partial charge in [0.2, 0.25) is 0 Å². The van der Waals surface area contributed by atoms with Gasteiger partial charge in [-0.2, -0.15) is 0 Å². The van der Waals surface area contributed by atoms with Gasteiger partial charge in [0.05, 0.1) is 0 Å². The zero-order chi connectivity index (χ0) is 10.7. The number of hydrogen-bond donors (Lipinski definition) is 0. The van der Waals surface area contributed by atoms with Crippen LogP contribution in [0.25, 0.3) is 0 Å². The second-order valence-electron chi connectivity index (χ2n) is 4.09. The molecule has 14 heavy (non-hydrogen) atoms. The zero-order valence-electron chi connectivity index (χ0n) is 9.78. The molecule has 0 aliphatic rings. The van der Waals surface area contributed by atoms with Crippen molar-refractivity contribution in [3.8, 4) is 0 Å². The molecule has 0 bridgehead atoms. The molecule has 0 spiro atoms. The predicted octanol–water partition coefficient (Wildman–Crippen LogP) is 2.27. The van der Waals surface area contributed by atoms with Crippen molar-refractivity contribution in [1.82, 2.24) is 4.90 Å². The van der Waals surface area contributed by atoms with E-state index in [1.807, 2.05) is 0 Å². The van der Waals surface area contributed by atoms with E-state index in [0.29, 0.717) is 6.04 Å². The van der Waals surface area contributed by atoms with Gasteiger partial charge in [-0.25, -0.2) is 0 Å². The van der Waals surface area contributed by atoms with Crippen molar-refractivity contribution in [2.45, 2.75) is 22.2 Å². The minimum absolute atomic E-state index is 0.545. The average Bonchev–Trinajstić information content (AvgIpc) is 2.16. The van der Waals surface area contributed by atoms with E-state index in [2.05, 4.69) is 59.4 Å². The Morgan fingerprint density at radius 3 is 2.21 bits per heavy atom. The van der Waals surface area contributed by atoms with Crippen LogP contribution < -0.4 is 3.27 Å². The summed E-state index contributed by atoms with van der Waals surface area (Å²) in [6.07, 6.45) is 0. The standard InChI is InChI=1S/C10H14N.2CH3.Bi/c1-9(11(2)3)10-7-5-4-6-8-10;;;/h4-7,9H,1-3H3;2*1H3;. The van der Waals surface area contributed by atoms with Crippen molar-refractivity contribution in [2.24, 2.45) is 0 Å². The van der Waals surface area contributed by atoms with Crippen LogP contribution in [0.4, 0.5) is 0 Å². The van der Waals surface area contributed by atoms with Crippen LogP contribution in [0.1, 0.15) is 18.5 Å². The molecule has 1 atom stereocenters. The molecule has 0 fully saturated rings. The van der Waals surface area contributed by atoms with Gasteiger partial charge < -0.3 is 0 Å². The van der Waals surface area contributed by atoms with Crippen LogP contribution in [-0.2, 0) is 0 Å². The quantitative estimate of drug-likeness (QED) is 0.720. The number of benzene rings is 1. The molecule has 0 radical (unpaired) electrons. The van der Waals surface area contributed by atoms with Crippen LogP contribution in [0.5, 0.6) is 0 Å². The SMILES string of the molecule is CC(c1cccc[c]1[Bi]([CH3])[CH3])N(C)C. The van der Waals surface area contributed by atoms with Gasteiger partial charge in [-0.15, -0.1) is 0 Å². The monoisotopic (exact) mass is 387 g/mol. The Labute approximate surface area is 95.8 Å². The summed E-state index contributed by atoms with van der Waals surface area (Å²) in [5, 5.41) is 0.